The zero-order valence-corrected chi connectivity index (χ0v) is 12.4. The first-order valence-corrected chi connectivity index (χ1v) is 6.79. The molecule has 2 aromatic rings. The maximum atomic E-state index is 11.1. The molecule has 2 N–H and O–H groups in total. The van der Waals surface area contributed by atoms with Crippen LogP contribution >= 0.6 is 11.6 Å². The highest BCUT2D eigenvalue weighted by molar-refractivity contribution is 6.30. The Bertz CT molecular complexity index is 634. The van der Waals surface area contributed by atoms with Crippen LogP contribution in [0.1, 0.15) is 10.5 Å². The Hall–Kier alpha value is -2.27. The molecule has 0 spiro atoms. The largest absolute Gasteiger partial charge is 0.492 e. The summed E-state index contributed by atoms with van der Waals surface area (Å²) in [7, 11) is 1.90. The van der Waals surface area contributed by atoms with Crippen molar-refractivity contribution in [1.82, 2.24) is 4.98 Å². The van der Waals surface area contributed by atoms with Crippen LogP contribution in [0.15, 0.2) is 42.6 Å². The number of benzene rings is 1. The van der Waals surface area contributed by atoms with E-state index in [4.69, 9.17) is 22.1 Å². The second-order valence-corrected chi connectivity index (χ2v) is 4.93. The molecule has 21 heavy (non-hydrogen) atoms. The summed E-state index contributed by atoms with van der Waals surface area (Å²) in [4.78, 5) is 17.0. The average Bonchev–Trinajstić information content (AvgIpc) is 2.47. The lowest BCUT2D eigenvalue weighted by Crippen LogP contribution is -2.24. The standard InChI is InChI=1S/C15H16ClN3O2/c1-19(12-5-6-18-14(10-12)15(17)20)7-8-21-13-4-2-3-11(16)9-13/h2-6,9-10H,7-8H2,1H3,(H2,17,20). The smallest absolute Gasteiger partial charge is 0.267 e. The molecule has 5 nitrogen and oxygen atoms in total. The lowest BCUT2D eigenvalue weighted by molar-refractivity contribution is 0.0995. The molecular weight excluding hydrogens is 290 g/mol. The van der Waals surface area contributed by atoms with Gasteiger partial charge in [-0.1, -0.05) is 17.7 Å². The summed E-state index contributed by atoms with van der Waals surface area (Å²) in [6, 6.07) is 10.7. The molecule has 0 aliphatic heterocycles. The number of carbonyl (C=O) groups is 1. The number of rotatable bonds is 6. The third-order valence-corrected chi connectivity index (χ3v) is 3.16. The first-order valence-electron chi connectivity index (χ1n) is 6.41. The Kier molecular flexibility index (Phi) is 5.00. The van der Waals surface area contributed by atoms with E-state index >= 15 is 0 Å². The van der Waals surface area contributed by atoms with E-state index < -0.39 is 5.91 Å². The van der Waals surface area contributed by atoms with Crippen molar-refractivity contribution >= 4 is 23.2 Å². The van der Waals surface area contributed by atoms with E-state index in [0.29, 0.717) is 18.2 Å². The maximum absolute atomic E-state index is 11.1. The van der Waals surface area contributed by atoms with E-state index in [0.717, 1.165) is 11.4 Å². The van der Waals surface area contributed by atoms with Crippen molar-refractivity contribution in [2.45, 2.75) is 0 Å². The number of anilines is 1. The van der Waals surface area contributed by atoms with Crippen LogP contribution in [0.25, 0.3) is 0 Å². The van der Waals surface area contributed by atoms with Gasteiger partial charge in [0, 0.05) is 24.0 Å². The van der Waals surface area contributed by atoms with Gasteiger partial charge in [-0.25, -0.2) is 0 Å². The summed E-state index contributed by atoms with van der Waals surface area (Å²) in [6.07, 6.45) is 1.56. The fourth-order valence-corrected chi connectivity index (χ4v) is 1.96. The van der Waals surface area contributed by atoms with Gasteiger partial charge < -0.3 is 15.4 Å². The molecule has 110 valence electrons. The molecule has 0 bridgehead atoms. The Morgan fingerprint density at radius 3 is 2.90 bits per heavy atom. The van der Waals surface area contributed by atoms with Gasteiger partial charge in [0.15, 0.2) is 0 Å². The van der Waals surface area contributed by atoms with Gasteiger partial charge in [0.25, 0.3) is 5.91 Å². The Labute approximate surface area is 128 Å². The van der Waals surface area contributed by atoms with Gasteiger partial charge in [0.2, 0.25) is 0 Å². The summed E-state index contributed by atoms with van der Waals surface area (Å²) >= 11 is 5.89. The summed E-state index contributed by atoms with van der Waals surface area (Å²) in [5, 5.41) is 0.640. The molecular formula is C15H16ClN3O2. The minimum Gasteiger partial charge on any atom is -0.492 e. The van der Waals surface area contributed by atoms with E-state index in [1.165, 1.54) is 0 Å². The molecule has 0 unspecified atom stereocenters. The zero-order valence-electron chi connectivity index (χ0n) is 11.6. The number of hydrogen-bond donors (Lipinski definition) is 1. The summed E-state index contributed by atoms with van der Waals surface area (Å²) in [5.74, 6) is 0.184. The van der Waals surface area contributed by atoms with E-state index in [2.05, 4.69) is 4.98 Å². The number of nitrogens with two attached hydrogens (primary N) is 1. The Morgan fingerprint density at radius 1 is 1.38 bits per heavy atom. The molecule has 1 aromatic carbocycles. The molecule has 0 atom stereocenters. The summed E-state index contributed by atoms with van der Waals surface area (Å²) < 4.78 is 5.62. The maximum Gasteiger partial charge on any atom is 0.267 e. The van der Waals surface area contributed by atoms with Gasteiger partial charge in [-0.3, -0.25) is 9.78 Å². The number of aromatic nitrogens is 1. The first-order chi connectivity index (χ1) is 10.1. The van der Waals surface area contributed by atoms with E-state index in [1.54, 1.807) is 24.4 Å². The SMILES string of the molecule is CN(CCOc1cccc(Cl)c1)c1ccnc(C(N)=O)c1. The van der Waals surface area contributed by atoms with Gasteiger partial charge in [-0.2, -0.15) is 0 Å². The minimum absolute atomic E-state index is 0.245. The number of likely N-dealkylation sites (N-methyl/N-ethyl adjacent to an activating group) is 1. The fourth-order valence-electron chi connectivity index (χ4n) is 1.78. The molecule has 2 rings (SSSR count). The van der Waals surface area contributed by atoms with Gasteiger partial charge in [-0.05, 0) is 30.3 Å². The van der Waals surface area contributed by atoms with Crippen LogP contribution in [-0.4, -0.2) is 31.1 Å². The van der Waals surface area contributed by atoms with Crippen LogP contribution < -0.4 is 15.4 Å². The van der Waals surface area contributed by atoms with Crippen LogP contribution in [0, 0.1) is 0 Å². The normalized spacial score (nSPS) is 10.2. The van der Waals surface area contributed by atoms with Gasteiger partial charge in [0.05, 0.1) is 6.54 Å². The zero-order chi connectivity index (χ0) is 15.2. The third kappa shape index (κ3) is 4.36. The number of carbonyl (C=O) groups excluding carboxylic acids is 1. The quantitative estimate of drug-likeness (QED) is 0.889. The molecule has 6 heteroatoms. The second kappa shape index (κ2) is 6.95. The third-order valence-electron chi connectivity index (χ3n) is 2.93. The van der Waals surface area contributed by atoms with E-state index in [-0.39, 0.29) is 5.69 Å². The summed E-state index contributed by atoms with van der Waals surface area (Å²) in [5.41, 5.74) is 6.32. The monoisotopic (exact) mass is 305 g/mol. The number of primary amides is 1. The number of halogens is 1. The molecule has 0 saturated carbocycles. The summed E-state index contributed by atoms with van der Waals surface area (Å²) in [6.45, 7) is 1.14. The van der Waals surface area contributed by atoms with Crippen LogP contribution in [0.4, 0.5) is 5.69 Å². The predicted molar refractivity (Wildman–Crippen MR) is 83.0 cm³/mol. The van der Waals surface area contributed by atoms with Gasteiger partial charge in [0.1, 0.15) is 18.1 Å². The molecule has 0 radical (unpaired) electrons. The van der Waals surface area contributed by atoms with Crippen molar-refractivity contribution < 1.29 is 9.53 Å². The van der Waals surface area contributed by atoms with Crippen LogP contribution in [0.2, 0.25) is 5.02 Å². The van der Waals surface area contributed by atoms with Crippen molar-refractivity contribution in [1.29, 1.82) is 0 Å². The van der Waals surface area contributed by atoms with Crippen molar-refractivity contribution in [3.63, 3.8) is 0 Å². The topological polar surface area (TPSA) is 68.4 Å². The first kappa shape index (κ1) is 15.1. The molecule has 0 aliphatic rings. The lowest BCUT2D eigenvalue weighted by atomic mass is 10.3. The van der Waals surface area contributed by atoms with E-state index in [9.17, 15) is 4.79 Å². The lowest BCUT2D eigenvalue weighted by Gasteiger charge is -2.19. The van der Waals surface area contributed by atoms with Crippen molar-refractivity contribution in [3.05, 3.63) is 53.3 Å². The molecule has 0 saturated heterocycles. The molecule has 1 heterocycles. The van der Waals surface area contributed by atoms with Crippen molar-refractivity contribution in [3.8, 4) is 5.75 Å². The number of ether oxygens (including phenoxy) is 1. The highest BCUT2D eigenvalue weighted by Crippen LogP contribution is 2.17. The minimum atomic E-state index is -0.541. The average molecular weight is 306 g/mol. The molecule has 0 aliphatic carbocycles. The van der Waals surface area contributed by atoms with Crippen LogP contribution in [-0.2, 0) is 0 Å². The number of amides is 1. The fraction of sp³-hybridized carbons (Fsp3) is 0.200. The highest BCUT2D eigenvalue weighted by Gasteiger charge is 2.06. The molecule has 1 amide bonds. The van der Waals surface area contributed by atoms with Crippen molar-refractivity contribution in [2.75, 3.05) is 25.1 Å². The Morgan fingerprint density at radius 2 is 2.19 bits per heavy atom. The predicted octanol–water partition coefficient (Wildman–Crippen LogP) is 2.35. The molecule has 1 aromatic heterocycles. The van der Waals surface area contributed by atoms with Gasteiger partial charge >= 0.3 is 0 Å². The van der Waals surface area contributed by atoms with Crippen molar-refractivity contribution in [2.24, 2.45) is 5.73 Å². The van der Waals surface area contributed by atoms with E-state index in [1.807, 2.05) is 30.1 Å². The van der Waals surface area contributed by atoms with Gasteiger partial charge in [-0.15, -0.1) is 0 Å². The van der Waals surface area contributed by atoms with Crippen LogP contribution in [0.5, 0.6) is 5.75 Å². The molecule has 0 fully saturated rings. The Balaban J connectivity index is 1.91. The highest BCUT2D eigenvalue weighted by atomic mass is 35.5. The number of pyridine rings is 1. The number of nitrogens with zero attached hydrogens (tertiary/aromatic N) is 2. The number of hydrogen-bond acceptors (Lipinski definition) is 4. The second-order valence-electron chi connectivity index (χ2n) is 4.49. The van der Waals surface area contributed by atoms with Crippen LogP contribution in [0.3, 0.4) is 0 Å².